The highest BCUT2D eigenvalue weighted by molar-refractivity contribution is 14.1. The molecule has 0 radical (unpaired) electrons. The molecule has 106 valence electrons. The molecule has 1 saturated heterocycles. The van der Waals surface area contributed by atoms with Crippen molar-refractivity contribution in [2.24, 2.45) is 5.92 Å². The first-order valence-corrected chi connectivity index (χ1v) is 6.94. The van der Waals surface area contributed by atoms with E-state index in [9.17, 15) is 19.7 Å². The fourth-order valence-corrected chi connectivity index (χ4v) is 2.67. The molecule has 1 amide bonds. The molecule has 8 heteroatoms. The van der Waals surface area contributed by atoms with Crippen molar-refractivity contribution in [1.29, 1.82) is 0 Å². The summed E-state index contributed by atoms with van der Waals surface area (Å²) in [5.41, 5.74) is 0.0913. The largest absolute Gasteiger partial charge is 0.481 e. The summed E-state index contributed by atoms with van der Waals surface area (Å²) in [5, 5.41) is 19.7. The van der Waals surface area contributed by atoms with Gasteiger partial charge in [-0.15, -0.1) is 0 Å². The van der Waals surface area contributed by atoms with Crippen LogP contribution in [0, 0.1) is 19.6 Å². The summed E-state index contributed by atoms with van der Waals surface area (Å²) >= 11 is 1.93. The Hall–Kier alpha value is -1.71. The molecule has 0 saturated carbocycles. The minimum absolute atomic E-state index is 0.146. The number of hydrogen-bond donors (Lipinski definition) is 1. The second-order valence-corrected chi connectivity index (χ2v) is 5.66. The van der Waals surface area contributed by atoms with Gasteiger partial charge >= 0.3 is 5.97 Å². The Morgan fingerprint density at radius 3 is 2.70 bits per heavy atom. The summed E-state index contributed by atoms with van der Waals surface area (Å²) in [5.74, 6) is -1.84. The van der Waals surface area contributed by atoms with Crippen molar-refractivity contribution < 1.29 is 19.6 Å². The van der Waals surface area contributed by atoms with E-state index >= 15 is 0 Å². The lowest BCUT2D eigenvalue weighted by Gasteiger charge is -2.16. The Morgan fingerprint density at radius 1 is 1.45 bits per heavy atom. The normalized spacial score (nSPS) is 18.1. The fraction of sp³-hybridized carbons (Fsp3) is 0.333. The molecule has 1 unspecified atom stereocenters. The second-order valence-electron chi connectivity index (χ2n) is 4.50. The van der Waals surface area contributed by atoms with Gasteiger partial charge < -0.3 is 10.0 Å². The highest BCUT2D eigenvalue weighted by Gasteiger charge is 2.32. The predicted octanol–water partition coefficient (Wildman–Crippen LogP) is 1.75. The summed E-state index contributed by atoms with van der Waals surface area (Å²) in [6, 6.07) is 4.08. The van der Waals surface area contributed by atoms with Crippen LogP contribution >= 0.6 is 22.6 Å². The van der Waals surface area contributed by atoms with E-state index in [1.807, 2.05) is 22.6 Å². The van der Waals surface area contributed by atoms with Gasteiger partial charge in [0, 0.05) is 28.8 Å². The predicted molar refractivity (Wildman–Crippen MR) is 77.5 cm³/mol. The monoisotopic (exact) mass is 390 g/mol. The van der Waals surface area contributed by atoms with Crippen molar-refractivity contribution >= 4 is 40.2 Å². The number of non-ortho nitro benzene ring substituents is 1. The Labute approximate surface area is 127 Å². The van der Waals surface area contributed by atoms with Gasteiger partial charge in [0.1, 0.15) is 0 Å². The van der Waals surface area contributed by atoms with E-state index < -0.39 is 16.8 Å². The van der Waals surface area contributed by atoms with Crippen LogP contribution in [0.1, 0.15) is 16.8 Å². The van der Waals surface area contributed by atoms with Crippen molar-refractivity contribution in [3.8, 4) is 0 Å². The summed E-state index contributed by atoms with van der Waals surface area (Å²) in [4.78, 5) is 34.8. The number of carboxylic acid groups (broad SMARTS) is 1. The number of benzene rings is 1. The molecule has 1 aliphatic rings. The van der Waals surface area contributed by atoms with E-state index in [1.165, 1.54) is 23.1 Å². The number of carbonyl (C=O) groups excluding carboxylic acids is 1. The zero-order valence-electron chi connectivity index (χ0n) is 10.3. The maximum absolute atomic E-state index is 12.3. The molecule has 7 nitrogen and oxygen atoms in total. The molecule has 1 aromatic rings. The van der Waals surface area contributed by atoms with Gasteiger partial charge in [-0.05, 0) is 35.1 Å². The Kier molecular flexibility index (Phi) is 4.21. The number of rotatable bonds is 3. The zero-order valence-corrected chi connectivity index (χ0v) is 12.4. The van der Waals surface area contributed by atoms with E-state index in [-0.39, 0.29) is 23.7 Å². The molecule has 1 aromatic carbocycles. The van der Waals surface area contributed by atoms with E-state index in [0.29, 0.717) is 16.5 Å². The number of nitro groups is 1. The first-order valence-electron chi connectivity index (χ1n) is 5.86. The van der Waals surface area contributed by atoms with Gasteiger partial charge in [-0.2, -0.15) is 0 Å². The Morgan fingerprint density at radius 2 is 2.15 bits per heavy atom. The van der Waals surface area contributed by atoms with Gasteiger partial charge in [-0.25, -0.2) is 0 Å². The van der Waals surface area contributed by atoms with Gasteiger partial charge in [0.2, 0.25) is 0 Å². The summed E-state index contributed by atoms with van der Waals surface area (Å²) in [7, 11) is 0. The van der Waals surface area contributed by atoms with Crippen molar-refractivity contribution in [3.05, 3.63) is 37.4 Å². The van der Waals surface area contributed by atoms with Crippen molar-refractivity contribution in [1.82, 2.24) is 4.90 Å². The van der Waals surface area contributed by atoms with E-state index in [0.717, 1.165) is 0 Å². The van der Waals surface area contributed by atoms with Crippen LogP contribution in [0.5, 0.6) is 0 Å². The van der Waals surface area contributed by atoms with Crippen molar-refractivity contribution in [3.63, 3.8) is 0 Å². The smallest absolute Gasteiger partial charge is 0.308 e. The molecule has 0 bridgehead atoms. The topological polar surface area (TPSA) is 101 Å². The van der Waals surface area contributed by atoms with Gasteiger partial charge in [0.15, 0.2) is 0 Å². The third kappa shape index (κ3) is 2.89. The number of carbonyl (C=O) groups is 2. The number of carboxylic acids is 1. The first-order chi connectivity index (χ1) is 9.40. The zero-order chi connectivity index (χ0) is 14.9. The van der Waals surface area contributed by atoms with Crippen LogP contribution in [0.4, 0.5) is 5.69 Å². The fourth-order valence-electron chi connectivity index (χ4n) is 2.11. The molecule has 20 heavy (non-hydrogen) atoms. The maximum atomic E-state index is 12.3. The van der Waals surface area contributed by atoms with Crippen LogP contribution in [-0.4, -0.2) is 39.9 Å². The number of aliphatic carboxylic acids is 1. The molecular formula is C12H11IN2O5. The van der Waals surface area contributed by atoms with Crippen molar-refractivity contribution in [2.75, 3.05) is 13.1 Å². The van der Waals surface area contributed by atoms with Crippen LogP contribution in [0.15, 0.2) is 18.2 Å². The number of nitrogens with zero attached hydrogens (tertiary/aromatic N) is 2. The van der Waals surface area contributed by atoms with Crippen LogP contribution < -0.4 is 0 Å². The lowest BCUT2D eigenvalue weighted by atomic mass is 10.1. The average Bonchev–Trinajstić information content (AvgIpc) is 2.88. The van der Waals surface area contributed by atoms with Gasteiger partial charge in [0.05, 0.1) is 16.4 Å². The highest BCUT2D eigenvalue weighted by atomic mass is 127. The van der Waals surface area contributed by atoms with Gasteiger partial charge in [0.25, 0.3) is 11.6 Å². The number of halogens is 1. The van der Waals surface area contributed by atoms with Crippen LogP contribution in [-0.2, 0) is 4.79 Å². The molecule has 0 aliphatic carbocycles. The number of hydrogen-bond acceptors (Lipinski definition) is 4. The number of likely N-dealkylation sites (tertiary alicyclic amines) is 1. The first kappa shape index (κ1) is 14.7. The maximum Gasteiger partial charge on any atom is 0.308 e. The third-order valence-electron chi connectivity index (χ3n) is 3.22. The molecule has 1 atom stereocenters. The molecule has 0 spiro atoms. The lowest BCUT2D eigenvalue weighted by Crippen LogP contribution is -2.30. The highest BCUT2D eigenvalue weighted by Crippen LogP contribution is 2.24. The second kappa shape index (κ2) is 5.73. The average molecular weight is 390 g/mol. The summed E-state index contributed by atoms with van der Waals surface area (Å²) in [6.07, 6.45) is 0.409. The standard InChI is InChI=1S/C12H11IN2O5/c13-10-2-1-8(15(19)20)5-9(10)11(16)14-4-3-7(6-14)12(17)18/h1-2,5,7H,3-4,6H2,(H,17,18). The third-order valence-corrected chi connectivity index (χ3v) is 4.16. The SMILES string of the molecule is O=C(O)C1CCN(C(=O)c2cc([N+](=O)[O-])ccc2I)C1. The van der Waals surface area contributed by atoms with Crippen LogP contribution in [0.2, 0.25) is 0 Å². The van der Waals surface area contributed by atoms with E-state index in [4.69, 9.17) is 5.11 Å². The van der Waals surface area contributed by atoms with E-state index in [1.54, 1.807) is 0 Å². The number of nitro benzene ring substituents is 1. The van der Waals surface area contributed by atoms with Gasteiger partial charge in [-0.1, -0.05) is 0 Å². The van der Waals surface area contributed by atoms with Crippen LogP contribution in [0.3, 0.4) is 0 Å². The summed E-state index contributed by atoms with van der Waals surface area (Å²) in [6.45, 7) is 0.501. The van der Waals surface area contributed by atoms with Crippen molar-refractivity contribution in [2.45, 2.75) is 6.42 Å². The molecule has 2 rings (SSSR count). The number of amides is 1. The minimum atomic E-state index is -0.922. The summed E-state index contributed by atoms with van der Waals surface area (Å²) < 4.78 is 0.608. The minimum Gasteiger partial charge on any atom is -0.481 e. The molecule has 0 aromatic heterocycles. The lowest BCUT2D eigenvalue weighted by molar-refractivity contribution is -0.384. The Bertz CT molecular complexity index is 589. The molecule has 1 fully saturated rings. The van der Waals surface area contributed by atoms with E-state index in [2.05, 4.69) is 0 Å². The molecule has 1 N–H and O–H groups in total. The molecular weight excluding hydrogens is 379 g/mol. The Balaban J connectivity index is 2.23. The molecule has 1 aliphatic heterocycles. The molecule has 1 heterocycles. The van der Waals surface area contributed by atoms with Crippen LogP contribution in [0.25, 0.3) is 0 Å². The quantitative estimate of drug-likeness (QED) is 0.482. The van der Waals surface area contributed by atoms with Gasteiger partial charge in [-0.3, -0.25) is 19.7 Å².